The Bertz CT molecular complexity index is 535. The molecule has 1 saturated heterocycles. The quantitative estimate of drug-likeness (QED) is 0.585. The smallest absolute Gasteiger partial charge is 0.191 e. The number of guanidine groups is 1. The van der Waals surface area contributed by atoms with Crippen molar-refractivity contribution in [1.29, 1.82) is 0 Å². The van der Waals surface area contributed by atoms with E-state index < -0.39 is 0 Å². The Hall–Kier alpha value is -1.59. The molecule has 1 aliphatic rings. The second-order valence-corrected chi connectivity index (χ2v) is 7.27. The Labute approximate surface area is 153 Å². The van der Waals surface area contributed by atoms with Gasteiger partial charge in [0.25, 0.3) is 0 Å². The summed E-state index contributed by atoms with van der Waals surface area (Å²) in [6.45, 7) is 15.0. The summed E-state index contributed by atoms with van der Waals surface area (Å²) >= 11 is 0. The molecule has 1 unspecified atom stereocenters. The first-order valence-electron chi connectivity index (χ1n) is 9.55. The molecule has 1 atom stereocenters. The van der Waals surface area contributed by atoms with Gasteiger partial charge in [0.2, 0.25) is 0 Å². The monoisotopic (exact) mass is 345 g/mol. The minimum Gasteiger partial charge on any atom is -0.357 e. The van der Waals surface area contributed by atoms with Crippen molar-refractivity contribution in [2.75, 3.05) is 52.9 Å². The van der Waals surface area contributed by atoms with E-state index in [-0.39, 0.29) is 0 Å². The molecule has 1 aliphatic heterocycles. The molecule has 0 radical (unpaired) electrons. The van der Waals surface area contributed by atoms with Crippen molar-refractivity contribution in [2.24, 2.45) is 10.9 Å². The number of likely N-dealkylation sites (N-methyl/N-ethyl adjacent to an activating group) is 1. The number of nitrogens with zero attached hydrogens (tertiary/aromatic N) is 3. The lowest BCUT2D eigenvalue weighted by Gasteiger charge is -2.34. The van der Waals surface area contributed by atoms with Gasteiger partial charge in [-0.15, -0.1) is 0 Å². The van der Waals surface area contributed by atoms with Gasteiger partial charge in [0.1, 0.15) is 0 Å². The van der Waals surface area contributed by atoms with Crippen molar-refractivity contribution in [3.63, 3.8) is 0 Å². The zero-order valence-corrected chi connectivity index (χ0v) is 16.4. The van der Waals surface area contributed by atoms with Crippen LogP contribution in [0.5, 0.6) is 0 Å². The first-order valence-corrected chi connectivity index (χ1v) is 9.55. The van der Waals surface area contributed by atoms with E-state index in [1.165, 1.54) is 37.3 Å². The molecule has 0 spiro atoms. The molecule has 25 heavy (non-hydrogen) atoms. The van der Waals surface area contributed by atoms with Crippen molar-refractivity contribution in [2.45, 2.75) is 27.3 Å². The number of piperazine rings is 1. The minimum absolute atomic E-state index is 0.603. The third-order valence-corrected chi connectivity index (χ3v) is 4.63. The van der Waals surface area contributed by atoms with Gasteiger partial charge in [0.05, 0.1) is 6.54 Å². The van der Waals surface area contributed by atoms with Gasteiger partial charge in [-0.05, 0) is 32.4 Å². The molecule has 1 aromatic rings. The summed E-state index contributed by atoms with van der Waals surface area (Å²) in [6.07, 6.45) is 0. The van der Waals surface area contributed by atoms with Crippen molar-refractivity contribution in [3.8, 4) is 0 Å². The molecule has 0 aliphatic carbocycles. The van der Waals surface area contributed by atoms with Gasteiger partial charge in [0.15, 0.2) is 5.96 Å². The largest absolute Gasteiger partial charge is 0.357 e. The van der Waals surface area contributed by atoms with Crippen LogP contribution in [-0.2, 0) is 6.54 Å². The highest BCUT2D eigenvalue weighted by Crippen LogP contribution is 2.06. The Morgan fingerprint density at radius 2 is 1.96 bits per heavy atom. The highest BCUT2D eigenvalue weighted by atomic mass is 15.2. The SMILES string of the molecule is CCNC(=NCc1cccc(C)c1)NCC(C)CN1CCN(C)CC1. The molecule has 140 valence electrons. The third-order valence-electron chi connectivity index (χ3n) is 4.63. The summed E-state index contributed by atoms with van der Waals surface area (Å²) in [5.74, 6) is 1.51. The first-order chi connectivity index (χ1) is 12.1. The first kappa shape index (κ1) is 19.7. The van der Waals surface area contributed by atoms with Gasteiger partial charge in [-0.3, -0.25) is 0 Å². The van der Waals surface area contributed by atoms with E-state index in [9.17, 15) is 0 Å². The molecule has 5 heteroatoms. The lowest BCUT2D eigenvalue weighted by Crippen LogP contribution is -2.47. The van der Waals surface area contributed by atoms with Crippen LogP contribution in [-0.4, -0.2) is 68.6 Å². The van der Waals surface area contributed by atoms with Gasteiger partial charge < -0.3 is 20.4 Å². The molecule has 1 fully saturated rings. The molecular weight excluding hydrogens is 310 g/mol. The number of benzene rings is 1. The van der Waals surface area contributed by atoms with Crippen LogP contribution < -0.4 is 10.6 Å². The molecule has 1 aromatic carbocycles. The van der Waals surface area contributed by atoms with Crippen LogP contribution >= 0.6 is 0 Å². The van der Waals surface area contributed by atoms with E-state index in [4.69, 9.17) is 4.99 Å². The van der Waals surface area contributed by atoms with Crippen molar-refractivity contribution in [1.82, 2.24) is 20.4 Å². The molecule has 0 saturated carbocycles. The summed E-state index contributed by atoms with van der Waals surface area (Å²) < 4.78 is 0. The molecule has 0 aromatic heterocycles. The normalized spacial score (nSPS) is 18.2. The summed E-state index contributed by atoms with van der Waals surface area (Å²) in [6, 6.07) is 8.55. The van der Waals surface area contributed by atoms with Crippen molar-refractivity contribution < 1.29 is 0 Å². The molecule has 2 rings (SSSR count). The van der Waals surface area contributed by atoms with Gasteiger partial charge in [0, 0.05) is 45.8 Å². The average Bonchev–Trinajstić information content (AvgIpc) is 2.59. The number of rotatable bonds is 7. The second-order valence-electron chi connectivity index (χ2n) is 7.27. The summed E-state index contributed by atoms with van der Waals surface area (Å²) in [5.41, 5.74) is 2.54. The summed E-state index contributed by atoms with van der Waals surface area (Å²) in [4.78, 5) is 9.70. The lowest BCUT2D eigenvalue weighted by atomic mass is 10.1. The number of aliphatic imine (C=N–C) groups is 1. The summed E-state index contributed by atoms with van der Waals surface area (Å²) in [5, 5.41) is 6.86. The lowest BCUT2D eigenvalue weighted by molar-refractivity contribution is 0.139. The predicted octanol–water partition coefficient (Wildman–Crippen LogP) is 1.93. The zero-order valence-electron chi connectivity index (χ0n) is 16.4. The van der Waals surface area contributed by atoms with Gasteiger partial charge in [-0.2, -0.15) is 0 Å². The maximum atomic E-state index is 4.73. The van der Waals surface area contributed by atoms with E-state index in [1.807, 2.05) is 0 Å². The minimum atomic E-state index is 0.603. The topological polar surface area (TPSA) is 42.9 Å². The fourth-order valence-electron chi connectivity index (χ4n) is 3.13. The van der Waals surface area contributed by atoms with Gasteiger partial charge in [-0.25, -0.2) is 4.99 Å². The fraction of sp³-hybridized carbons (Fsp3) is 0.650. The molecule has 2 N–H and O–H groups in total. The van der Waals surface area contributed by atoms with E-state index >= 15 is 0 Å². The zero-order chi connectivity index (χ0) is 18.1. The second kappa shape index (κ2) is 10.4. The van der Waals surface area contributed by atoms with Crippen molar-refractivity contribution in [3.05, 3.63) is 35.4 Å². The van der Waals surface area contributed by atoms with E-state index in [0.717, 1.165) is 25.6 Å². The van der Waals surface area contributed by atoms with E-state index in [0.29, 0.717) is 12.5 Å². The van der Waals surface area contributed by atoms with Crippen LogP contribution in [0, 0.1) is 12.8 Å². The Morgan fingerprint density at radius 1 is 1.20 bits per heavy atom. The van der Waals surface area contributed by atoms with Gasteiger partial charge in [-0.1, -0.05) is 36.8 Å². The predicted molar refractivity (Wildman–Crippen MR) is 107 cm³/mol. The van der Waals surface area contributed by atoms with Crippen LogP contribution in [0.3, 0.4) is 0 Å². The van der Waals surface area contributed by atoms with Crippen molar-refractivity contribution >= 4 is 5.96 Å². The average molecular weight is 346 g/mol. The highest BCUT2D eigenvalue weighted by Gasteiger charge is 2.16. The molecule has 5 nitrogen and oxygen atoms in total. The number of nitrogens with one attached hydrogen (secondary N) is 2. The fourth-order valence-corrected chi connectivity index (χ4v) is 3.13. The van der Waals surface area contributed by atoms with Crippen LogP contribution in [0.4, 0.5) is 0 Å². The Balaban J connectivity index is 1.78. The summed E-state index contributed by atoms with van der Waals surface area (Å²) in [7, 11) is 2.20. The highest BCUT2D eigenvalue weighted by molar-refractivity contribution is 5.79. The van der Waals surface area contributed by atoms with Crippen LogP contribution in [0.2, 0.25) is 0 Å². The third kappa shape index (κ3) is 7.45. The molecule has 1 heterocycles. The standard InChI is InChI=1S/C20H35N5/c1-5-21-20(23-15-19-8-6-7-17(2)13-19)22-14-18(3)16-25-11-9-24(4)10-12-25/h6-8,13,18H,5,9-12,14-16H2,1-4H3,(H2,21,22,23). The molecule has 0 amide bonds. The molecular formula is C20H35N5. The number of hydrogen-bond acceptors (Lipinski definition) is 3. The van der Waals surface area contributed by atoms with E-state index in [1.54, 1.807) is 0 Å². The molecule has 0 bridgehead atoms. The maximum Gasteiger partial charge on any atom is 0.191 e. The van der Waals surface area contributed by atoms with E-state index in [2.05, 4.69) is 72.5 Å². The number of hydrogen-bond donors (Lipinski definition) is 2. The maximum absolute atomic E-state index is 4.73. The van der Waals surface area contributed by atoms with Crippen LogP contribution in [0.1, 0.15) is 25.0 Å². The van der Waals surface area contributed by atoms with Crippen LogP contribution in [0.15, 0.2) is 29.3 Å². The Kier molecular flexibility index (Phi) is 8.22. The van der Waals surface area contributed by atoms with Crippen LogP contribution in [0.25, 0.3) is 0 Å². The Morgan fingerprint density at radius 3 is 2.64 bits per heavy atom. The van der Waals surface area contributed by atoms with Gasteiger partial charge >= 0.3 is 0 Å². The number of aryl methyl sites for hydroxylation is 1.